The molecule has 0 N–H and O–H groups in total. The van der Waals surface area contributed by atoms with E-state index in [-0.39, 0.29) is 5.56 Å². The first-order chi connectivity index (χ1) is 12.8. The summed E-state index contributed by atoms with van der Waals surface area (Å²) in [6.45, 7) is 10.7. The predicted octanol–water partition coefficient (Wildman–Crippen LogP) is 5.50. The summed E-state index contributed by atoms with van der Waals surface area (Å²) in [4.78, 5) is 19.8. The van der Waals surface area contributed by atoms with Crippen LogP contribution in [-0.2, 0) is 0 Å². The van der Waals surface area contributed by atoms with E-state index in [1.54, 1.807) is 24.3 Å². The number of nitrogens with zero attached hydrogens (tertiary/aromatic N) is 3. The molecule has 2 heterocycles. The van der Waals surface area contributed by atoms with Gasteiger partial charge in [-0.15, -0.1) is 0 Å². The topological polar surface area (TPSA) is 38.1 Å². The molecule has 0 saturated carbocycles. The molecule has 4 nitrogen and oxygen atoms in total. The molecule has 6 heteroatoms. The quantitative estimate of drug-likeness (QED) is 0.671. The monoisotopic (exact) mass is 407 g/mol. The van der Waals surface area contributed by atoms with Crippen LogP contribution in [0.4, 0.5) is 5.82 Å². The van der Waals surface area contributed by atoms with Crippen molar-refractivity contribution in [2.45, 2.75) is 47.0 Å². The molecule has 1 aromatic carbocycles. The first-order valence-electron chi connectivity index (χ1n) is 9.57. The molecule has 0 aliphatic carbocycles. The smallest absolute Gasteiger partial charge is 0.260 e. The Hall–Kier alpha value is -1.52. The summed E-state index contributed by atoms with van der Waals surface area (Å²) in [5.41, 5.74) is 0.787. The van der Waals surface area contributed by atoms with E-state index >= 15 is 0 Å². The van der Waals surface area contributed by atoms with Gasteiger partial charge in [-0.25, -0.2) is 4.98 Å². The van der Waals surface area contributed by atoms with Crippen molar-refractivity contribution < 1.29 is 0 Å². The zero-order valence-corrected chi connectivity index (χ0v) is 17.9. The molecule has 146 valence electrons. The van der Waals surface area contributed by atoms with Gasteiger partial charge in [0.2, 0.25) is 0 Å². The molecule has 0 bridgehead atoms. The van der Waals surface area contributed by atoms with Crippen LogP contribution in [0.25, 0.3) is 5.69 Å². The minimum absolute atomic E-state index is 0.142. The number of benzene rings is 1. The highest BCUT2D eigenvalue weighted by Gasteiger charge is 2.34. The molecule has 1 fully saturated rings. The number of halogens is 2. The Morgan fingerprint density at radius 1 is 1.26 bits per heavy atom. The Labute approximate surface area is 171 Å². The van der Waals surface area contributed by atoms with Gasteiger partial charge in [-0.2, -0.15) is 0 Å². The van der Waals surface area contributed by atoms with Crippen LogP contribution in [0.3, 0.4) is 0 Å². The lowest BCUT2D eigenvalue weighted by atomic mass is 9.70. The maximum atomic E-state index is 12.8. The number of hydrogen-bond acceptors (Lipinski definition) is 3. The van der Waals surface area contributed by atoms with E-state index in [4.69, 9.17) is 28.2 Å². The van der Waals surface area contributed by atoms with Gasteiger partial charge in [0.1, 0.15) is 11.6 Å². The normalized spacial score (nSPS) is 17.8. The van der Waals surface area contributed by atoms with Gasteiger partial charge in [-0.05, 0) is 43.2 Å². The third-order valence-corrected chi connectivity index (χ3v) is 7.09. The number of hydrogen-bond donors (Lipinski definition) is 0. The van der Waals surface area contributed by atoms with Gasteiger partial charge in [0.15, 0.2) is 0 Å². The third-order valence-electron chi connectivity index (χ3n) is 6.28. The molecule has 0 spiro atoms. The molecule has 0 unspecified atom stereocenters. The van der Waals surface area contributed by atoms with Crippen molar-refractivity contribution in [2.75, 3.05) is 18.0 Å². The molecule has 27 heavy (non-hydrogen) atoms. The van der Waals surface area contributed by atoms with Crippen molar-refractivity contribution in [1.29, 1.82) is 0 Å². The maximum absolute atomic E-state index is 12.8. The fourth-order valence-electron chi connectivity index (χ4n) is 3.93. The average Bonchev–Trinajstić information content (AvgIpc) is 2.64. The Morgan fingerprint density at radius 2 is 1.93 bits per heavy atom. The molecule has 1 aromatic heterocycles. The van der Waals surface area contributed by atoms with Gasteiger partial charge in [0, 0.05) is 19.2 Å². The zero-order valence-electron chi connectivity index (χ0n) is 16.4. The van der Waals surface area contributed by atoms with Crippen molar-refractivity contribution in [3.05, 3.63) is 50.5 Å². The predicted molar refractivity (Wildman–Crippen MR) is 114 cm³/mol. The molecule has 1 saturated heterocycles. The zero-order chi connectivity index (χ0) is 19.8. The SMILES string of the molecule is CC[C@@H](C)C1(C)CCN(c2cc(=O)n(-c3cccc(Cl)c3Cl)c(C)n2)CC1. The van der Waals surface area contributed by atoms with Crippen molar-refractivity contribution in [1.82, 2.24) is 9.55 Å². The Bertz CT molecular complexity index is 885. The molecule has 1 aliphatic rings. The molecule has 0 radical (unpaired) electrons. The van der Waals surface area contributed by atoms with Crippen molar-refractivity contribution in [2.24, 2.45) is 11.3 Å². The summed E-state index contributed by atoms with van der Waals surface area (Å²) in [6, 6.07) is 6.87. The summed E-state index contributed by atoms with van der Waals surface area (Å²) >= 11 is 12.4. The first-order valence-corrected chi connectivity index (χ1v) is 10.3. The van der Waals surface area contributed by atoms with Crippen LogP contribution in [0.2, 0.25) is 10.0 Å². The minimum atomic E-state index is -0.142. The highest BCUT2D eigenvalue weighted by molar-refractivity contribution is 6.43. The van der Waals surface area contributed by atoms with E-state index in [0.29, 0.717) is 32.9 Å². The van der Waals surface area contributed by atoms with E-state index in [0.717, 1.165) is 31.7 Å². The van der Waals surface area contributed by atoms with Crippen molar-refractivity contribution in [3.8, 4) is 5.69 Å². The molecule has 3 rings (SSSR count). The fraction of sp³-hybridized carbons (Fsp3) is 0.524. The summed E-state index contributed by atoms with van der Waals surface area (Å²) < 4.78 is 1.52. The van der Waals surface area contributed by atoms with Crippen LogP contribution >= 0.6 is 23.2 Å². The number of aromatic nitrogens is 2. The second kappa shape index (κ2) is 7.84. The number of anilines is 1. The summed E-state index contributed by atoms with van der Waals surface area (Å²) in [6.07, 6.45) is 3.43. The van der Waals surface area contributed by atoms with Crippen molar-refractivity contribution in [3.63, 3.8) is 0 Å². The van der Waals surface area contributed by atoms with Crippen LogP contribution in [0.15, 0.2) is 29.1 Å². The van der Waals surface area contributed by atoms with Gasteiger partial charge in [0.05, 0.1) is 15.7 Å². The maximum Gasteiger partial charge on any atom is 0.260 e. The van der Waals surface area contributed by atoms with E-state index in [2.05, 4.69) is 25.7 Å². The Kier molecular flexibility index (Phi) is 5.87. The Balaban J connectivity index is 1.88. The van der Waals surface area contributed by atoms with Crippen LogP contribution in [-0.4, -0.2) is 22.6 Å². The van der Waals surface area contributed by atoms with Crippen LogP contribution in [0, 0.1) is 18.3 Å². The number of aryl methyl sites for hydroxylation is 1. The van der Waals surface area contributed by atoms with E-state index in [9.17, 15) is 4.79 Å². The van der Waals surface area contributed by atoms with Gasteiger partial charge in [0.25, 0.3) is 5.56 Å². The molecule has 0 amide bonds. The molecular weight excluding hydrogens is 381 g/mol. The first kappa shape index (κ1) is 20.2. The lowest BCUT2D eigenvalue weighted by molar-refractivity contribution is 0.148. The van der Waals surface area contributed by atoms with E-state index < -0.39 is 0 Å². The number of rotatable bonds is 4. The van der Waals surface area contributed by atoms with Gasteiger partial charge in [-0.1, -0.05) is 56.5 Å². The lowest BCUT2D eigenvalue weighted by Gasteiger charge is -2.43. The third kappa shape index (κ3) is 3.88. The van der Waals surface area contributed by atoms with Crippen LogP contribution < -0.4 is 10.5 Å². The van der Waals surface area contributed by atoms with Gasteiger partial charge >= 0.3 is 0 Å². The van der Waals surface area contributed by atoms with Gasteiger partial charge < -0.3 is 4.90 Å². The minimum Gasteiger partial charge on any atom is -0.356 e. The van der Waals surface area contributed by atoms with Crippen molar-refractivity contribution >= 4 is 29.0 Å². The summed E-state index contributed by atoms with van der Waals surface area (Å²) in [5.74, 6) is 2.06. The Morgan fingerprint density at radius 3 is 2.52 bits per heavy atom. The largest absolute Gasteiger partial charge is 0.356 e. The summed E-state index contributed by atoms with van der Waals surface area (Å²) in [5, 5.41) is 0.783. The second-order valence-electron chi connectivity index (χ2n) is 7.86. The second-order valence-corrected chi connectivity index (χ2v) is 8.64. The van der Waals surface area contributed by atoms with E-state index in [1.807, 2.05) is 6.92 Å². The summed E-state index contributed by atoms with van der Waals surface area (Å²) in [7, 11) is 0. The highest BCUT2D eigenvalue weighted by Crippen LogP contribution is 2.40. The van der Waals surface area contributed by atoms with Crippen LogP contribution in [0.1, 0.15) is 45.9 Å². The number of piperidine rings is 1. The highest BCUT2D eigenvalue weighted by atomic mass is 35.5. The van der Waals surface area contributed by atoms with Gasteiger partial charge in [-0.3, -0.25) is 9.36 Å². The lowest BCUT2D eigenvalue weighted by Crippen LogP contribution is -2.42. The molecule has 2 aromatic rings. The average molecular weight is 408 g/mol. The van der Waals surface area contributed by atoms with Crippen LogP contribution in [0.5, 0.6) is 0 Å². The molecular formula is C21H27Cl2N3O. The van der Waals surface area contributed by atoms with E-state index in [1.165, 1.54) is 11.0 Å². The molecule has 1 atom stereocenters. The standard InChI is InChI=1S/C21H27Cl2N3O/c1-5-14(2)21(4)9-11-25(12-10-21)18-13-19(27)26(15(3)24-18)17-8-6-7-16(22)20(17)23/h6-8,13-14H,5,9-12H2,1-4H3/t14-/m1/s1. The fourth-order valence-corrected chi connectivity index (χ4v) is 4.31. The molecule has 1 aliphatic heterocycles.